The zero-order valence-corrected chi connectivity index (χ0v) is 17.1. The minimum atomic E-state index is -1.55. The van der Waals surface area contributed by atoms with Crippen LogP contribution in [0.4, 0.5) is 5.82 Å². The fraction of sp³-hybridized carbons (Fsp3) is 0.389. The van der Waals surface area contributed by atoms with Crippen molar-refractivity contribution in [1.29, 1.82) is 0 Å². The topological polar surface area (TPSA) is 71.3 Å². The van der Waals surface area contributed by atoms with Crippen LogP contribution in [0.5, 0.6) is 0 Å². The van der Waals surface area contributed by atoms with Crippen LogP contribution in [0.1, 0.15) is 19.8 Å². The van der Waals surface area contributed by atoms with Gasteiger partial charge in [-0.2, -0.15) is 0 Å². The first-order valence-electron chi connectivity index (χ1n) is 8.79. The van der Waals surface area contributed by atoms with E-state index in [1.807, 2.05) is 11.4 Å². The first kappa shape index (κ1) is 18.3. The van der Waals surface area contributed by atoms with E-state index >= 15 is 0 Å². The van der Waals surface area contributed by atoms with Crippen LogP contribution in [0, 0.1) is 0 Å². The van der Waals surface area contributed by atoms with E-state index in [-0.39, 0.29) is 10.3 Å². The lowest BCUT2D eigenvalue weighted by Crippen LogP contribution is -2.28. The van der Waals surface area contributed by atoms with Gasteiger partial charge in [-0.05, 0) is 46.0 Å². The van der Waals surface area contributed by atoms with Crippen LogP contribution >= 0.6 is 11.3 Å². The molecular formula is C18H21N5O2S2. The van der Waals surface area contributed by atoms with E-state index in [1.54, 1.807) is 37.1 Å². The molecule has 3 aromatic rings. The van der Waals surface area contributed by atoms with E-state index < -0.39 is 11.0 Å². The molecular weight excluding hydrogens is 382 g/mol. The Bertz CT molecular complexity index is 1060. The molecule has 4 rings (SSSR count). The molecule has 7 nitrogen and oxygen atoms in total. The molecule has 27 heavy (non-hydrogen) atoms. The van der Waals surface area contributed by atoms with Crippen LogP contribution in [-0.4, -0.2) is 49.7 Å². The largest absolute Gasteiger partial charge is 0.354 e. The van der Waals surface area contributed by atoms with Gasteiger partial charge in [0.15, 0.2) is 10.8 Å². The second-order valence-corrected chi connectivity index (χ2v) is 9.34. The van der Waals surface area contributed by atoms with Gasteiger partial charge in [-0.3, -0.25) is 9.36 Å². The third-order valence-corrected chi connectivity index (χ3v) is 6.90. The Morgan fingerprint density at radius 1 is 1.33 bits per heavy atom. The highest BCUT2D eigenvalue weighted by Crippen LogP contribution is 2.26. The minimum Gasteiger partial charge on any atom is -0.354 e. The van der Waals surface area contributed by atoms with Gasteiger partial charge < -0.3 is 4.90 Å². The van der Waals surface area contributed by atoms with E-state index in [2.05, 4.69) is 16.8 Å². The summed E-state index contributed by atoms with van der Waals surface area (Å²) in [6, 6.07) is 4.11. The Morgan fingerprint density at radius 2 is 2.15 bits per heavy atom. The molecule has 9 heteroatoms. The lowest BCUT2D eigenvalue weighted by atomic mass is 10.2. The van der Waals surface area contributed by atoms with Gasteiger partial charge in [-0.1, -0.05) is 0 Å². The van der Waals surface area contributed by atoms with Crippen LogP contribution in [0.3, 0.4) is 0 Å². The maximum absolute atomic E-state index is 13.0. The molecule has 2 unspecified atom stereocenters. The van der Waals surface area contributed by atoms with Gasteiger partial charge >= 0.3 is 0 Å². The van der Waals surface area contributed by atoms with Crippen LogP contribution < -0.4 is 10.3 Å². The van der Waals surface area contributed by atoms with Crippen molar-refractivity contribution in [2.45, 2.75) is 30.7 Å². The predicted molar refractivity (Wildman–Crippen MR) is 109 cm³/mol. The van der Waals surface area contributed by atoms with Crippen molar-refractivity contribution in [3.05, 3.63) is 40.1 Å². The summed E-state index contributed by atoms with van der Waals surface area (Å²) in [6.07, 6.45) is 5.60. The Kier molecular flexibility index (Phi) is 4.83. The standard InChI is InChI=1S/C18H21N5O2S2/c1-12-5-4-9-22(12)15-7-6-13-16(24)14(27(25)21(2)3)11-23(17(13)20-15)18-19-8-10-26-18/h6-8,10-12H,4-5,9H2,1-3H3. The smallest absolute Gasteiger partial charge is 0.208 e. The van der Waals surface area contributed by atoms with Crippen LogP contribution in [-0.2, 0) is 11.0 Å². The summed E-state index contributed by atoms with van der Waals surface area (Å²) in [4.78, 5) is 24.7. The molecule has 1 fully saturated rings. The Hall–Kier alpha value is -2.10. The third kappa shape index (κ3) is 3.19. The first-order chi connectivity index (χ1) is 13.0. The number of rotatable bonds is 4. The Balaban J connectivity index is 1.98. The second kappa shape index (κ2) is 7.14. The van der Waals surface area contributed by atoms with Gasteiger partial charge in [-0.15, -0.1) is 11.3 Å². The number of nitrogens with zero attached hydrogens (tertiary/aromatic N) is 5. The van der Waals surface area contributed by atoms with Crippen molar-refractivity contribution in [3.8, 4) is 5.13 Å². The maximum Gasteiger partial charge on any atom is 0.208 e. The van der Waals surface area contributed by atoms with E-state index in [1.165, 1.54) is 15.6 Å². The Labute approximate surface area is 163 Å². The molecule has 3 aromatic heterocycles. The zero-order chi connectivity index (χ0) is 19.1. The highest BCUT2D eigenvalue weighted by atomic mass is 32.2. The van der Waals surface area contributed by atoms with Gasteiger partial charge in [0.1, 0.15) is 21.7 Å². The lowest BCUT2D eigenvalue weighted by molar-refractivity contribution is 0.601. The molecule has 1 saturated heterocycles. The number of pyridine rings is 2. The number of anilines is 1. The predicted octanol–water partition coefficient (Wildman–Crippen LogP) is 2.42. The van der Waals surface area contributed by atoms with Crippen molar-refractivity contribution < 1.29 is 4.21 Å². The molecule has 0 aromatic carbocycles. The van der Waals surface area contributed by atoms with E-state index in [9.17, 15) is 9.00 Å². The monoisotopic (exact) mass is 403 g/mol. The molecule has 2 atom stereocenters. The number of hydrogen-bond acceptors (Lipinski definition) is 6. The normalized spacial score (nSPS) is 18.5. The summed E-state index contributed by atoms with van der Waals surface area (Å²) in [6.45, 7) is 3.15. The molecule has 0 amide bonds. The number of hydrogen-bond donors (Lipinski definition) is 0. The minimum absolute atomic E-state index is 0.229. The van der Waals surface area contributed by atoms with Crippen molar-refractivity contribution >= 4 is 39.2 Å². The van der Waals surface area contributed by atoms with E-state index in [0.29, 0.717) is 22.2 Å². The third-order valence-electron chi connectivity index (χ3n) is 4.80. The summed E-state index contributed by atoms with van der Waals surface area (Å²) in [5.74, 6) is 0.860. The quantitative estimate of drug-likeness (QED) is 0.669. The molecule has 1 aliphatic heterocycles. The molecule has 0 N–H and O–H groups in total. The van der Waals surface area contributed by atoms with Gasteiger partial charge in [0.05, 0.1) is 5.39 Å². The number of aromatic nitrogens is 3. The van der Waals surface area contributed by atoms with Gasteiger partial charge in [0, 0.05) is 30.4 Å². The molecule has 4 heterocycles. The lowest BCUT2D eigenvalue weighted by Gasteiger charge is -2.23. The second-order valence-electron chi connectivity index (χ2n) is 6.79. The fourth-order valence-corrected chi connectivity index (χ4v) is 4.88. The highest BCUT2D eigenvalue weighted by molar-refractivity contribution is 7.82. The highest BCUT2D eigenvalue weighted by Gasteiger charge is 2.24. The summed E-state index contributed by atoms with van der Waals surface area (Å²) in [5, 5.41) is 3.01. The summed E-state index contributed by atoms with van der Waals surface area (Å²) in [7, 11) is 1.82. The van der Waals surface area contributed by atoms with Crippen LogP contribution in [0.25, 0.3) is 16.2 Å². The molecule has 0 spiro atoms. The molecule has 0 saturated carbocycles. The molecule has 1 aliphatic rings. The first-order valence-corrected chi connectivity index (χ1v) is 10.8. The zero-order valence-electron chi connectivity index (χ0n) is 15.5. The number of fused-ring (bicyclic) bond motifs is 1. The average Bonchev–Trinajstić information content (AvgIpc) is 3.33. The maximum atomic E-state index is 13.0. The van der Waals surface area contributed by atoms with Gasteiger partial charge in [0.25, 0.3) is 0 Å². The molecule has 0 aliphatic carbocycles. The van der Waals surface area contributed by atoms with Crippen LogP contribution in [0.2, 0.25) is 0 Å². The van der Waals surface area contributed by atoms with E-state index in [0.717, 1.165) is 25.2 Å². The summed E-state index contributed by atoms with van der Waals surface area (Å²) >= 11 is 1.45. The van der Waals surface area contributed by atoms with Crippen molar-refractivity contribution in [2.75, 3.05) is 25.5 Å². The molecule has 142 valence electrons. The molecule has 0 bridgehead atoms. The fourth-order valence-electron chi connectivity index (χ4n) is 3.40. The van der Waals surface area contributed by atoms with Crippen molar-refractivity contribution in [2.24, 2.45) is 0 Å². The van der Waals surface area contributed by atoms with E-state index in [4.69, 9.17) is 4.98 Å². The van der Waals surface area contributed by atoms with Crippen molar-refractivity contribution in [1.82, 2.24) is 18.8 Å². The van der Waals surface area contributed by atoms with Crippen LogP contribution in [0.15, 0.2) is 39.6 Å². The number of thiazole rings is 1. The average molecular weight is 404 g/mol. The van der Waals surface area contributed by atoms with Gasteiger partial charge in [-0.25, -0.2) is 18.5 Å². The van der Waals surface area contributed by atoms with Crippen molar-refractivity contribution in [3.63, 3.8) is 0 Å². The molecule has 0 radical (unpaired) electrons. The summed E-state index contributed by atoms with van der Waals surface area (Å²) < 4.78 is 15.9. The summed E-state index contributed by atoms with van der Waals surface area (Å²) in [5.41, 5.74) is 0.296. The van der Waals surface area contributed by atoms with Gasteiger partial charge in [0.2, 0.25) is 5.43 Å². The SMILES string of the molecule is CC1CCCN1c1ccc2c(=O)c(S(=O)N(C)C)cn(-c3nccs3)c2n1. The Morgan fingerprint density at radius 3 is 2.78 bits per heavy atom.